The highest BCUT2D eigenvalue weighted by atomic mass is 28.3. The lowest BCUT2D eigenvalue weighted by Gasteiger charge is -2.15. The van der Waals surface area contributed by atoms with E-state index < -0.39 is 8.07 Å². The summed E-state index contributed by atoms with van der Waals surface area (Å²) in [6, 6.07) is 5.40. The number of aryl methyl sites for hydroxylation is 1. The summed E-state index contributed by atoms with van der Waals surface area (Å²) in [6.07, 6.45) is 2.06. The van der Waals surface area contributed by atoms with Crippen LogP contribution in [-0.2, 0) is 11.5 Å². The molecule has 0 saturated heterocycles. The zero-order valence-corrected chi connectivity index (χ0v) is 10.7. The minimum atomic E-state index is -0.927. The molecule has 0 unspecified atom stereocenters. The molecule has 1 rings (SSSR count). The molecule has 0 aliphatic carbocycles. The number of rotatable bonds is 5. The first-order chi connectivity index (χ1) is 6.49. The van der Waals surface area contributed by atoms with Crippen LogP contribution in [0.15, 0.2) is 18.3 Å². The van der Waals surface area contributed by atoms with E-state index in [1.165, 1.54) is 11.7 Å². The predicted molar refractivity (Wildman–Crippen MR) is 63.3 cm³/mol. The van der Waals surface area contributed by atoms with Gasteiger partial charge in [-0.2, -0.15) is 0 Å². The van der Waals surface area contributed by atoms with Gasteiger partial charge in [-0.1, -0.05) is 19.6 Å². The van der Waals surface area contributed by atoms with Gasteiger partial charge in [0.25, 0.3) is 0 Å². The summed E-state index contributed by atoms with van der Waals surface area (Å²) in [5, 5.41) is 0. The Hall–Kier alpha value is -0.543. The van der Waals surface area contributed by atoms with E-state index in [-0.39, 0.29) is 0 Å². The molecule has 80 valence electrons. The van der Waals surface area contributed by atoms with Crippen LogP contribution in [-0.4, -0.2) is 19.2 Å². The third-order valence-corrected chi connectivity index (χ3v) is 3.99. The summed E-state index contributed by atoms with van der Waals surface area (Å²) in [7, 11) is -0.927. The highest BCUT2D eigenvalue weighted by molar-refractivity contribution is 6.76. The van der Waals surface area contributed by atoms with Gasteiger partial charge in [-0.25, -0.2) is 0 Å². The van der Waals surface area contributed by atoms with Gasteiger partial charge in [-0.3, -0.25) is 0 Å². The van der Waals surface area contributed by atoms with E-state index in [2.05, 4.69) is 49.5 Å². The standard InChI is InChI=1S/C11H21NOSi/c1-11-6-5-7-12(11)10-13-8-9-14(2,3)4/h5-7H,8-10H2,1-4H3. The molecule has 1 aromatic heterocycles. The zero-order valence-electron chi connectivity index (χ0n) is 9.71. The molecule has 0 fully saturated rings. The van der Waals surface area contributed by atoms with Crippen molar-refractivity contribution in [2.45, 2.75) is 39.3 Å². The quantitative estimate of drug-likeness (QED) is 0.539. The van der Waals surface area contributed by atoms with Crippen LogP contribution >= 0.6 is 0 Å². The van der Waals surface area contributed by atoms with Gasteiger partial charge in [0.15, 0.2) is 0 Å². The molecular formula is C11H21NOSi. The van der Waals surface area contributed by atoms with E-state index in [0.29, 0.717) is 6.73 Å². The second kappa shape index (κ2) is 4.80. The normalized spacial score (nSPS) is 12.0. The SMILES string of the molecule is Cc1cccn1COCC[Si](C)(C)C. The summed E-state index contributed by atoms with van der Waals surface area (Å²) in [5.74, 6) is 0. The Morgan fingerprint density at radius 2 is 2.07 bits per heavy atom. The molecule has 0 atom stereocenters. The third kappa shape index (κ3) is 4.11. The molecule has 2 nitrogen and oxygen atoms in total. The lowest BCUT2D eigenvalue weighted by atomic mass is 10.5. The van der Waals surface area contributed by atoms with E-state index in [9.17, 15) is 0 Å². The fraction of sp³-hybridized carbons (Fsp3) is 0.636. The van der Waals surface area contributed by atoms with Crippen molar-refractivity contribution in [1.29, 1.82) is 0 Å². The Morgan fingerprint density at radius 1 is 1.36 bits per heavy atom. The third-order valence-electron chi connectivity index (χ3n) is 2.28. The van der Waals surface area contributed by atoms with Crippen LogP contribution in [0, 0.1) is 6.92 Å². The smallest absolute Gasteiger partial charge is 0.122 e. The van der Waals surface area contributed by atoms with E-state index in [0.717, 1.165) is 6.61 Å². The van der Waals surface area contributed by atoms with Crippen molar-refractivity contribution in [2.75, 3.05) is 6.61 Å². The lowest BCUT2D eigenvalue weighted by molar-refractivity contribution is 0.0862. The summed E-state index contributed by atoms with van der Waals surface area (Å²) < 4.78 is 7.76. The largest absolute Gasteiger partial charge is 0.361 e. The van der Waals surface area contributed by atoms with E-state index in [4.69, 9.17) is 4.74 Å². The van der Waals surface area contributed by atoms with Crippen LogP contribution in [0.3, 0.4) is 0 Å². The van der Waals surface area contributed by atoms with Crippen LogP contribution < -0.4 is 0 Å². The van der Waals surface area contributed by atoms with Crippen molar-refractivity contribution in [3.63, 3.8) is 0 Å². The molecule has 0 radical (unpaired) electrons. The van der Waals surface area contributed by atoms with Crippen molar-refractivity contribution in [1.82, 2.24) is 4.57 Å². The van der Waals surface area contributed by atoms with Crippen molar-refractivity contribution in [3.8, 4) is 0 Å². The molecule has 0 aromatic carbocycles. The molecule has 0 bridgehead atoms. The van der Waals surface area contributed by atoms with Gasteiger partial charge < -0.3 is 9.30 Å². The molecule has 0 amide bonds. The fourth-order valence-electron chi connectivity index (χ4n) is 1.19. The summed E-state index contributed by atoms with van der Waals surface area (Å²) >= 11 is 0. The molecular weight excluding hydrogens is 190 g/mol. The number of aromatic nitrogens is 1. The van der Waals surface area contributed by atoms with Gasteiger partial charge in [-0.05, 0) is 25.1 Å². The molecule has 0 spiro atoms. The molecule has 0 N–H and O–H groups in total. The van der Waals surface area contributed by atoms with Crippen molar-refractivity contribution in [2.24, 2.45) is 0 Å². The molecule has 0 aliphatic rings. The highest BCUT2D eigenvalue weighted by Crippen LogP contribution is 2.08. The maximum absolute atomic E-state index is 5.63. The summed E-state index contributed by atoms with van der Waals surface area (Å²) in [6.45, 7) is 10.8. The van der Waals surface area contributed by atoms with Gasteiger partial charge in [0, 0.05) is 26.6 Å². The topological polar surface area (TPSA) is 14.2 Å². The number of ether oxygens (including phenoxy) is 1. The van der Waals surface area contributed by atoms with Gasteiger partial charge >= 0.3 is 0 Å². The van der Waals surface area contributed by atoms with Gasteiger partial charge in [0.05, 0.1) is 0 Å². The number of hydrogen-bond donors (Lipinski definition) is 0. The molecule has 0 saturated carbocycles. The Labute approximate surface area is 87.9 Å². The average molecular weight is 211 g/mol. The van der Waals surface area contributed by atoms with E-state index in [1.54, 1.807) is 0 Å². The monoisotopic (exact) mass is 211 g/mol. The van der Waals surface area contributed by atoms with Crippen LogP contribution in [0.2, 0.25) is 25.7 Å². The van der Waals surface area contributed by atoms with Crippen molar-refractivity contribution < 1.29 is 4.74 Å². The lowest BCUT2D eigenvalue weighted by Crippen LogP contribution is -2.22. The first kappa shape index (κ1) is 11.5. The maximum atomic E-state index is 5.63. The van der Waals surface area contributed by atoms with Gasteiger partial charge in [0.2, 0.25) is 0 Å². The minimum absolute atomic E-state index is 0.698. The van der Waals surface area contributed by atoms with Crippen LogP contribution in [0.1, 0.15) is 5.69 Å². The van der Waals surface area contributed by atoms with Crippen LogP contribution in [0.25, 0.3) is 0 Å². The maximum Gasteiger partial charge on any atom is 0.122 e. The van der Waals surface area contributed by atoms with E-state index >= 15 is 0 Å². The van der Waals surface area contributed by atoms with E-state index in [1.807, 2.05) is 0 Å². The molecule has 14 heavy (non-hydrogen) atoms. The Morgan fingerprint density at radius 3 is 2.57 bits per heavy atom. The van der Waals surface area contributed by atoms with Crippen LogP contribution in [0.5, 0.6) is 0 Å². The average Bonchev–Trinajstić information content (AvgIpc) is 2.44. The van der Waals surface area contributed by atoms with Crippen LogP contribution in [0.4, 0.5) is 0 Å². The Kier molecular flexibility index (Phi) is 3.95. The van der Waals surface area contributed by atoms with Gasteiger partial charge in [-0.15, -0.1) is 0 Å². The van der Waals surface area contributed by atoms with Gasteiger partial charge in [0.1, 0.15) is 6.73 Å². The Bertz CT molecular complexity index is 275. The first-order valence-corrected chi connectivity index (χ1v) is 8.89. The predicted octanol–water partition coefficient (Wildman–Crippen LogP) is 3.11. The fourth-order valence-corrected chi connectivity index (χ4v) is 1.94. The summed E-state index contributed by atoms with van der Waals surface area (Å²) in [5.41, 5.74) is 1.26. The molecule has 1 heterocycles. The molecule has 0 aliphatic heterocycles. The minimum Gasteiger partial charge on any atom is -0.361 e. The number of nitrogens with zero attached hydrogens (tertiary/aromatic N) is 1. The highest BCUT2D eigenvalue weighted by Gasteiger charge is 2.11. The summed E-state index contributed by atoms with van der Waals surface area (Å²) in [4.78, 5) is 0. The first-order valence-electron chi connectivity index (χ1n) is 5.18. The molecule has 3 heteroatoms. The molecule has 1 aromatic rings. The Balaban J connectivity index is 2.20. The zero-order chi connectivity index (χ0) is 10.6. The number of hydrogen-bond acceptors (Lipinski definition) is 1. The van der Waals surface area contributed by atoms with Crippen molar-refractivity contribution >= 4 is 8.07 Å². The second-order valence-electron chi connectivity index (χ2n) is 4.97. The second-order valence-corrected chi connectivity index (χ2v) is 10.6. The van der Waals surface area contributed by atoms with Crippen molar-refractivity contribution in [3.05, 3.63) is 24.0 Å².